The van der Waals surface area contributed by atoms with E-state index in [0.717, 1.165) is 11.1 Å². The number of esters is 1. The van der Waals surface area contributed by atoms with Crippen molar-refractivity contribution in [3.63, 3.8) is 0 Å². The summed E-state index contributed by atoms with van der Waals surface area (Å²) in [5, 5.41) is 10.8. The first-order chi connectivity index (χ1) is 25.5. The highest BCUT2D eigenvalue weighted by molar-refractivity contribution is 5.95. The fraction of sp³-hybridized carbons (Fsp3) is 0.421. The number of carbonyl (C=O) groups excluding carboxylic acids is 5. The second-order valence-corrected chi connectivity index (χ2v) is 12.2. The first kappa shape index (κ1) is 43.5. The van der Waals surface area contributed by atoms with E-state index in [1.54, 1.807) is 42.5 Å². The highest BCUT2D eigenvalue weighted by Crippen LogP contribution is 2.14. The molecule has 0 saturated heterocycles. The molecule has 0 bridgehead atoms. The predicted molar refractivity (Wildman–Crippen MR) is 203 cm³/mol. The van der Waals surface area contributed by atoms with Gasteiger partial charge < -0.3 is 47.9 Å². The van der Waals surface area contributed by atoms with Crippen LogP contribution in [0.2, 0.25) is 0 Å². The van der Waals surface area contributed by atoms with Crippen LogP contribution < -0.4 is 43.2 Å². The minimum absolute atomic E-state index is 0.000974. The lowest BCUT2D eigenvalue weighted by Crippen LogP contribution is -2.58. The van der Waals surface area contributed by atoms with E-state index in [-0.39, 0.29) is 44.8 Å². The summed E-state index contributed by atoms with van der Waals surface area (Å²) < 4.78 is 11.0. The number of unbranched alkanes of at least 4 members (excludes halogenated alkanes) is 1. The molecule has 0 heterocycles. The molecule has 0 fully saturated rings. The fourth-order valence-corrected chi connectivity index (χ4v) is 5.13. The molecule has 53 heavy (non-hydrogen) atoms. The second-order valence-electron chi connectivity index (χ2n) is 12.2. The van der Waals surface area contributed by atoms with Crippen LogP contribution in [-0.2, 0) is 41.7 Å². The van der Waals surface area contributed by atoms with Crippen LogP contribution in [0.3, 0.4) is 0 Å². The molecule has 15 nitrogen and oxygen atoms in total. The maximum atomic E-state index is 13.8. The average molecular weight is 735 g/mol. The topological polar surface area (TPSA) is 242 Å². The van der Waals surface area contributed by atoms with Gasteiger partial charge >= 0.3 is 5.97 Å². The molecule has 4 amide bonds. The Hall–Kier alpha value is -5.70. The van der Waals surface area contributed by atoms with E-state index in [4.69, 9.17) is 26.7 Å². The third kappa shape index (κ3) is 17.4. The van der Waals surface area contributed by atoms with Gasteiger partial charge in [0.25, 0.3) is 0 Å². The third-order valence-electron chi connectivity index (χ3n) is 7.81. The molecule has 10 N–H and O–H groups in total. The summed E-state index contributed by atoms with van der Waals surface area (Å²) in [6.45, 7) is 9.48. The van der Waals surface area contributed by atoms with Crippen LogP contribution >= 0.6 is 0 Å². The van der Waals surface area contributed by atoms with Crippen LogP contribution in [0, 0.1) is 0 Å². The number of nitrogens with zero attached hydrogens (tertiary/aromatic N) is 1. The monoisotopic (exact) mass is 734 g/mol. The molecule has 0 aliphatic heterocycles. The number of hydrogen-bond acceptors (Lipinski definition) is 9. The first-order valence-electron chi connectivity index (χ1n) is 17.5. The number of benzene rings is 2. The van der Waals surface area contributed by atoms with E-state index in [1.165, 1.54) is 13.0 Å². The maximum Gasteiger partial charge on any atom is 0.329 e. The Morgan fingerprint density at radius 2 is 1.36 bits per heavy atom. The Bertz CT molecular complexity index is 1510. The number of amides is 4. The lowest BCUT2D eigenvalue weighted by molar-refractivity contribution is -0.149. The minimum Gasteiger partial charge on any atom is -0.490 e. The molecule has 2 aromatic rings. The molecule has 0 aliphatic carbocycles. The molecule has 0 spiro atoms. The smallest absolute Gasteiger partial charge is 0.329 e. The Kier molecular flexibility index (Phi) is 20.1. The van der Waals surface area contributed by atoms with Crippen LogP contribution in [0.25, 0.3) is 0 Å². The number of hydrogen-bond donors (Lipinski definition) is 7. The van der Waals surface area contributed by atoms with Crippen molar-refractivity contribution in [2.75, 3.05) is 19.7 Å². The first-order valence-corrected chi connectivity index (χ1v) is 17.5. The Morgan fingerprint density at radius 1 is 0.755 bits per heavy atom. The SMILES string of the molecule is C=CCOc1ccc(C[C@H](NC(C)=O)C(=O)N[C@H](CCCCN)C(=O)N[C@H](CCCN=C(N)N)C(=O)N[C@@H](CC=C)C(=O)OCc2ccccc2)cc1. The van der Waals surface area contributed by atoms with E-state index in [1.807, 2.05) is 18.2 Å². The van der Waals surface area contributed by atoms with Crippen molar-refractivity contribution in [1.29, 1.82) is 0 Å². The highest BCUT2D eigenvalue weighted by Gasteiger charge is 2.31. The van der Waals surface area contributed by atoms with Crippen molar-refractivity contribution in [3.05, 3.63) is 91.0 Å². The van der Waals surface area contributed by atoms with Crippen LogP contribution in [0.1, 0.15) is 56.6 Å². The molecule has 15 heteroatoms. The van der Waals surface area contributed by atoms with Crippen molar-refractivity contribution in [3.8, 4) is 5.75 Å². The van der Waals surface area contributed by atoms with Gasteiger partial charge in [0.1, 0.15) is 43.1 Å². The summed E-state index contributed by atoms with van der Waals surface area (Å²) in [5.74, 6) is -2.53. The van der Waals surface area contributed by atoms with Crippen molar-refractivity contribution in [1.82, 2.24) is 21.3 Å². The quantitative estimate of drug-likeness (QED) is 0.0253. The van der Waals surface area contributed by atoms with E-state index in [0.29, 0.717) is 38.2 Å². The molecule has 0 radical (unpaired) electrons. The van der Waals surface area contributed by atoms with Crippen molar-refractivity contribution < 1.29 is 33.4 Å². The minimum atomic E-state index is -1.15. The Morgan fingerprint density at radius 3 is 1.92 bits per heavy atom. The van der Waals surface area contributed by atoms with Gasteiger partial charge in [-0.2, -0.15) is 0 Å². The molecule has 0 aliphatic rings. The number of carbonyl (C=O) groups is 5. The van der Waals surface area contributed by atoms with Gasteiger partial charge in [-0.05, 0) is 68.3 Å². The number of ether oxygens (including phenoxy) is 2. The van der Waals surface area contributed by atoms with E-state index in [9.17, 15) is 24.0 Å². The number of aliphatic imine (C=N–C) groups is 1. The number of nitrogens with one attached hydrogen (secondary N) is 4. The molecular weight excluding hydrogens is 680 g/mol. The van der Waals surface area contributed by atoms with E-state index < -0.39 is 53.8 Å². The summed E-state index contributed by atoms with van der Waals surface area (Å²) in [4.78, 5) is 70.2. The van der Waals surface area contributed by atoms with E-state index in [2.05, 4.69) is 39.4 Å². The third-order valence-corrected chi connectivity index (χ3v) is 7.81. The molecule has 0 unspecified atom stereocenters. The lowest BCUT2D eigenvalue weighted by Gasteiger charge is -2.26. The molecule has 0 saturated carbocycles. The summed E-state index contributed by atoms with van der Waals surface area (Å²) in [7, 11) is 0. The van der Waals surface area contributed by atoms with Crippen LogP contribution in [0.4, 0.5) is 0 Å². The van der Waals surface area contributed by atoms with Gasteiger partial charge in [-0.25, -0.2) is 4.79 Å². The van der Waals surface area contributed by atoms with Gasteiger partial charge in [0.05, 0.1) is 0 Å². The molecule has 288 valence electrons. The Labute approximate surface area is 311 Å². The molecule has 4 atom stereocenters. The van der Waals surface area contributed by atoms with Gasteiger partial charge in [0.2, 0.25) is 23.6 Å². The second kappa shape index (κ2) is 24.5. The zero-order valence-electron chi connectivity index (χ0n) is 30.4. The van der Waals surface area contributed by atoms with E-state index >= 15 is 0 Å². The van der Waals surface area contributed by atoms with Crippen LogP contribution in [-0.4, -0.2) is 79.4 Å². The highest BCUT2D eigenvalue weighted by atomic mass is 16.5. The zero-order valence-corrected chi connectivity index (χ0v) is 30.4. The molecular formula is C38H54N8O7. The largest absolute Gasteiger partial charge is 0.490 e. The standard InChI is InChI=1S/C38H54N8O7/c1-4-12-32(37(51)53-25-28-13-7-6-8-14-28)46-35(49)31(16-11-22-42-38(40)41)44-34(48)30(15-9-10-21-39)45-36(50)33(43-26(3)47)24-27-17-19-29(20-18-27)52-23-5-2/h4-8,13-14,17-20,30-33H,1-2,9-12,15-16,21-25,39H2,3H3,(H,43,47)(H,44,48)(H,45,50)(H,46,49)(H4,40,41,42)/t30-,31-,32+,33+/m1/s1. The molecule has 2 aromatic carbocycles. The number of nitrogens with two attached hydrogens (primary N) is 3. The zero-order chi connectivity index (χ0) is 39.0. The summed E-state index contributed by atoms with van der Waals surface area (Å²) in [6.07, 6.45) is 4.95. The average Bonchev–Trinajstić information content (AvgIpc) is 3.13. The normalized spacial score (nSPS) is 12.8. The van der Waals surface area contributed by atoms with Gasteiger partial charge in [-0.3, -0.25) is 24.2 Å². The Balaban J connectivity index is 2.26. The van der Waals surface area contributed by atoms with Gasteiger partial charge in [0.15, 0.2) is 5.96 Å². The summed E-state index contributed by atoms with van der Waals surface area (Å²) in [5.41, 5.74) is 18.1. The van der Waals surface area contributed by atoms with Gasteiger partial charge in [0, 0.05) is 19.9 Å². The molecule has 2 rings (SSSR count). The fourth-order valence-electron chi connectivity index (χ4n) is 5.13. The van der Waals surface area contributed by atoms with Crippen molar-refractivity contribution in [2.24, 2.45) is 22.2 Å². The maximum absolute atomic E-state index is 13.8. The van der Waals surface area contributed by atoms with Crippen molar-refractivity contribution >= 4 is 35.6 Å². The molecule has 0 aromatic heterocycles. The number of guanidine groups is 1. The predicted octanol–water partition coefficient (Wildman–Crippen LogP) is 1.26. The van der Waals surface area contributed by atoms with Crippen LogP contribution in [0.15, 0.2) is 84.9 Å². The summed E-state index contributed by atoms with van der Waals surface area (Å²) in [6, 6.07) is 11.8. The number of rotatable bonds is 25. The van der Waals surface area contributed by atoms with Gasteiger partial charge in [-0.1, -0.05) is 61.2 Å². The van der Waals surface area contributed by atoms with Crippen LogP contribution in [0.5, 0.6) is 5.75 Å². The van der Waals surface area contributed by atoms with Gasteiger partial charge in [-0.15, -0.1) is 6.58 Å². The van der Waals surface area contributed by atoms with Crippen molar-refractivity contribution in [2.45, 2.75) is 82.6 Å². The summed E-state index contributed by atoms with van der Waals surface area (Å²) >= 11 is 0. The lowest BCUT2D eigenvalue weighted by atomic mass is 10.0.